The zero-order valence-corrected chi connectivity index (χ0v) is 15.1. The van der Waals surface area contributed by atoms with Crippen LogP contribution in [0.3, 0.4) is 0 Å². The number of nitrogens with one attached hydrogen (secondary N) is 1. The van der Waals surface area contributed by atoms with E-state index in [1.165, 1.54) is 6.33 Å². The van der Waals surface area contributed by atoms with Crippen molar-refractivity contribution in [3.8, 4) is 11.3 Å². The van der Waals surface area contributed by atoms with E-state index in [4.69, 9.17) is 5.73 Å². The average Bonchev–Trinajstić information content (AvgIpc) is 3.06. The van der Waals surface area contributed by atoms with Crippen LogP contribution in [0.1, 0.15) is 20.8 Å². The van der Waals surface area contributed by atoms with Crippen molar-refractivity contribution in [2.75, 3.05) is 5.32 Å². The minimum Gasteiger partial charge on any atom is -0.364 e. The molecule has 0 aliphatic rings. The van der Waals surface area contributed by atoms with E-state index in [1.807, 2.05) is 42.5 Å². The molecule has 0 aliphatic carbocycles. The molecule has 4 aromatic rings. The first-order valence-electron chi connectivity index (χ1n) is 8.61. The Kier molecular flexibility index (Phi) is 4.33. The van der Waals surface area contributed by atoms with Gasteiger partial charge in [-0.15, -0.1) is 0 Å². The second-order valence-corrected chi connectivity index (χ2v) is 6.31. The first kappa shape index (κ1) is 17.4. The number of aryl methyl sites for hydroxylation is 1. The normalized spacial score (nSPS) is 10.8. The summed E-state index contributed by atoms with van der Waals surface area (Å²) in [6.07, 6.45) is 1.45. The number of rotatable bonds is 4. The summed E-state index contributed by atoms with van der Waals surface area (Å²) in [7, 11) is 1.74. The van der Waals surface area contributed by atoms with Crippen LogP contribution >= 0.6 is 0 Å². The van der Waals surface area contributed by atoms with Crippen molar-refractivity contribution in [2.45, 2.75) is 0 Å². The van der Waals surface area contributed by atoms with Crippen LogP contribution in [0.15, 0.2) is 67.0 Å². The predicted octanol–water partition coefficient (Wildman–Crippen LogP) is 2.99. The highest BCUT2D eigenvalue weighted by Crippen LogP contribution is 2.28. The molecule has 0 atom stereocenters. The first-order valence-corrected chi connectivity index (χ1v) is 8.61. The molecule has 0 fully saturated rings. The number of hydrogen-bond donors (Lipinski definition) is 2. The van der Waals surface area contributed by atoms with Crippen molar-refractivity contribution in [2.24, 2.45) is 12.8 Å². The van der Waals surface area contributed by atoms with E-state index >= 15 is 0 Å². The number of fused-ring (bicyclic) bond motifs is 1. The van der Waals surface area contributed by atoms with Gasteiger partial charge in [0.1, 0.15) is 17.7 Å². The first-order chi connectivity index (χ1) is 13.5. The standard InChI is InChI=1S/C21H17N5O2/c1-26-17(19(22)27)11-16-18(23-12-24-20(16)26)13-7-9-15(10-8-13)25-21(28)14-5-3-2-4-6-14/h2-12H,1H3,(H2,22,27)(H,25,28). The number of primary amides is 1. The maximum atomic E-state index is 12.3. The van der Waals surface area contributed by atoms with Gasteiger partial charge in [-0.25, -0.2) is 9.97 Å². The Morgan fingerprint density at radius 3 is 2.39 bits per heavy atom. The summed E-state index contributed by atoms with van der Waals surface area (Å²) in [6.45, 7) is 0. The van der Waals surface area contributed by atoms with Crippen molar-refractivity contribution in [1.29, 1.82) is 0 Å². The minimum atomic E-state index is -0.523. The van der Waals surface area contributed by atoms with Crippen LogP contribution in [0.5, 0.6) is 0 Å². The Balaban J connectivity index is 1.65. The number of anilines is 1. The largest absolute Gasteiger partial charge is 0.364 e. The molecular weight excluding hydrogens is 354 g/mol. The molecule has 0 aliphatic heterocycles. The highest BCUT2D eigenvalue weighted by atomic mass is 16.2. The number of nitrogens with two attached hydrogens (primary N) is 1. The van der Waals surface area contributed by atoms with Gasteiger partial charge in [-0.2, -0.15) is 0 Å². The molecule has 138 valence electrons. The molecule has 2 heterocycles. The van der Waals surface area contributed by atoms with E-state index in [9.17, 15) is 9.59 Å². The number of amides is 2. The van der Waals surface area contributed by atoms with Crippen LogP contribution in [-0.2, 0) is 7.05 Å². The monoisotopic (exact) mass is 371 g/mol. The summed E-state index contributed by atoms with van der Waals surface area (Å²) < 4.78 is 1.65. The van der Waals surface area contributed by atoms with Crippen LogP contribution in [-0.4, -0.2) is 26.3 Å². The summed E-state index contributed by atoms with van der Waals surface area (Å²) in [5, 5.41) is 3.60. The predicted molar refractivity (Wildman–Crippen MR) is 107 cm³/mol. The molecule has 7 heteroatoms. The van der Waals surface area contributed by atoms with Gasteiger partial charge in [0.05, 0.1) is 5.69 Å². The average molecular weight is 371 g/mol. The number of aromatic nitrogens is 3. The van der Waals surface area contributed by atoms with Gasteiger partial charge in [-0.1, -0.05) is 30.3 Å². The number of hydrogen-bond acceptors (Lipinski definition) is 4. The number of carbonyl (C=O) groups is 2. The Bertz CT molecular complexity index is 1180. The maximum absolute atomic E-state index is 12.3. The van der Waals surface area contributed by atoms with E-state index in [-0.39, 0.29) is 5.91 Å². The third-order valence-corrected chi connectivity index (χ3v) is 4.53. The molecule has 2 aromatic carbocycles. The highest BCUT2D eigenvalue weighted by Gasteiger charge is 2.16. The van der Waals surface area contributed by atoms with Crippen molar-refractivity contribution in [3.05, 3.63) is 78.2 Å². The SMILES string of the molecule is Cn1c(C(N)=O)cc2c(-c3ccc(NC(=O)c4ccccc4)cc3)ncnc21. The molecule has 4 rings (SSSR count). The van der Waals surface area contributed by atoms with Crippen molar-refractivity contribution in [1.82, 2.24) is 14.5 Å². The Morgan fingerprint density at radius 1 is 1.00 bits per heavy atom. The third-order valence-electron chi connectivity index (χ3n) is 4.53. The summed E-state index contributed by atoms with van der Waals surface area (Å²) >= 11 is 0. The summed E-state index contributed by atoms with van der Waals surface area (Å²) in [5.74, 6) is -0.697. The lowest BCUT2D eigenvalue weighted by Crippen LogP contribution is -2.15. The molecule has 0 bridgehead atoms. The fraction of sp³-hybridized carbons (Fsp3) is 0.0476. The van der Waals surface area contributed by atoms with Gasteiger partial charge in [0.2, 0.25) is 0 Å². The van der Waals surface area contributed by atoms with Gasteiger partial charge in [0, 0.05) is 29.2 Å². The number of benzene rings is 2. The molecule has 0 saturated heterocycles. The smallest absolute Gasteiger partial charge is 0.265 e. The third kappa shape index (κ3) is 3.09. The Hall–Kier alpha value is -4.00. The van der Waals surface area contributed by atoms with Crippen molar-refractivity contribution in [3.63, 3.8) is 0 Å². The lowest BCUT2D eigenvalue weighted by atomic mass is 10.1. The minimum absolute atomic E-state index is 0.174. The lowest BCUT2D eigenvalue weighted by molar-refractivity contribution is 0.0991. The molecule has 0 unspecified atom stereocenters. The molecule has 0 saturated carbocycles. The zero-order chi connectivity index (χ0) is 19.7. The zero-order valence-electron chi connectivity index (χ0n) is 15.1. The topological polar surface area (TPSA) is 103 Å². The van der Waals surface area contributed by atoms with Gasteiger partial charge >= 0.3 is 0 Å². The van der Waals surface area contributed by atoms with Crippen molar-refractivity contribution < 1.29 is 9.59 Å². The highest BCUT2D eigenvalue weighted by molar-refractivity contribution is 6.04. The van der Waals surface area contributed by atoms with Crippen molar-refractivity contribution >= 4 is 28.5 Å². The number of carbonyl (C=O) groups excluding carboxylic acids is 2. The molecule has 7 nitrogen and oxygen atoms in total. The summed E-state index contributed by atoms with van der Waals surface area (Å²) in [5.41, 5.74) is 9.22. The molecule has 2 amide bonds. The van der Waals surface area contributed by atoms with Crippen LogP contribution in [0, 0.1) is 0 Å². The molecular formula is C21H17N5O2. The van der Waals surface area contributed by atoms with Gasteiger partial charge in [-0.3, -0.25) is 9.59 Å². The van der Waals surface area contributed by atoms with E-state index < -0.39 is 5.91 Å². The van der Waals surface area contributed by atoms with Crippen LogP contribution in [0.25, 0.3) is 22.3 Å². The summed E-state index contributed by atoms with van der Waals surface area (Å²) in [6, 6.07) is 18.0. The summed E-state index contributed by atoms with van der Waals surface area (Å²) in [4.78, 5) is 32.5. The Morgan fingerprint density at radius 2 is 1.71 bits per heavy atom. The molecule has 28 heavy (non-hydrogen) atoms. The van der Waals surface area contributed by atoms with E-state index in [1.54, 1.807) is 29.8 Å². The molecule has 2 aromatic heterocycles. The van der Waals surface area contributed by atoms with E-state index in [0.29, 0.717) is 28.3 Å². The second-order valence-electron chi connectivity index (χ2n) is 6.31. The van der Waals surface area contributed by atoms with Gasteiger partial charge < -0.3 is 15.6 Å². The van der Waals surface area contributed by atoms with Crippen LogP contribution in [0.2, 0.25) is 0 Å². The fourth-order valence-corrected chi connectivity index (χ4v) is 3.10. The fourth-order valence-electron chi connectivity index (χ4n) is 3.10. The molecule has 0 radical (unpaired) electrons. The van der Waals surface area contributed by atoms with Gasteiger partial charge in [0.25, 0.3) is 11.8 Å². The maximum Gasteiger partial charge on any atom is 0.265 e. The van der Waals surface area contributed by atoms with Gasteiger partial charge in [0.15, 0.2) is 0 Å². The molecule has 0 spiro atoms. The quantitative estimate of drug-likeness (QED) is 0.575. The van der Waals surface area contributed by atoms with E-state index in [0.717, 1.165) is 10.9 Å². The van der Waals surface area contributed by atoms with Crippen LogP contribution in [0.4, 0.5) is 5.69 Å². The Labute approximate surface area is 160 Å². The molecule has 3 N–H and O–H groups in total. The van der Waals surface area contributed by atoms with E-state index in [2.05, 4.69) is 15.3 Å². The van der Waals surface area contributed by atoms with Gasteiger partial charge in [-0.05, 0) is 30.3 Å². The number of nitrogens with zero attached hydrogens (tertiary/aromatic N) is 3. The lowest BCUT2D eigenvalue weighted by Gasteiger charge is -2.07. The van der Waals surface area contributed by atoms with Crippen LogP contribution < -0.4 is 11.1 Å². The second kappa shape index (κ2) is 6.96.